The molecule has 6 rings (SSSR count). The molecule has 0 nitrogen and oxygen atoms in total. The van der Waals surface area contributed by atoms with E-state index in [1.807, 2.05) is 0 Å². The lowest BCUT2D eigenvalue weighted by molar-refractivity contribution is 0.789. The molecule has 0 saturated carbocycles. The fourth-order valence-electron chi connectivity index (χ4n) is 5.10. The third-order valence-electron chi connectivity index (χ3n) is 5.96. The van der Waals surface area contributed by atoms with Gasteiger partial charge in [0.2, 0.25) is 0 Å². The fraction of sp³-hybridized carbons (Fsp3) is 0.0400. The molecule has 0 radical (unpaired) electrons. The summed E-state index contributed by atoms with van der Waals surface area (Å²) in [5, 5.41) is 0. The molecule has 0 saturated heterocycles. The Balaban J connectivity index is 1.90. The molecule has 0 N–H and O–H groups in total. The van der Waals surface area contributed by atoms with Crippen LogP contribution >= 0.6 is 15.9 Å². The predicted molar refractivity (Wildman–Crippen MR) is 110 cm³/mol. The van der Waals surface area contributed by atoms with Gasteiger partial charge in [-0.05, 0) is 50.6 Å². The lowest BCUT2D eigenvalue weighted by atomic mass is 9.70. The van der Waals surface area contributed by atoms with Gasteiger partial charge < -0.3 is 0 Å². The maximum atomic E-state index is 3.89. The Hall–Kier alpha value is -2.64. The van der Waals surface area contributed by atoms with E-state index in [0.29, 0.717) is 0 Å². The van der Waals surface area contributed by atoms with E-state index in [1.54, 1.807) is 0 Å². The molecule has 4 aromatic rings. The van der Waals surface area contributed by atoms with Crippen LogP contribution in [-0.4, -0.2) is 0 Å². The standard InChI is InChI=1S/C25H15Br/c26-23-15-7-11-19-18-10-3-6-14-22(18)25(24(19)23)20-12-4-1-8-16(20)17-9-2-5-13-21(17)25/h1-15H. The van der Waals surface area contributed by atoms with E-state index in [1.165, 1.54) is 49.0 Å². The zero-order valence-electron chi connectivity index (χ0n) is 14.0. The topological polar surface area (TPSA) is 0 Å². The van der Waals surface area contributed by atoms with Crippen LogP contribution in [-0.2, 0) is 5.41 Å². The number of hydrogen-bond acceptors (Lipinski definition) is 0. The first-order valence-electron chi connectivity index (χ1n) is 8.92. The number of hydrogen-bond donors (Lipinski definition) is 0. The monoisotopic (exact) mass is 394 g/mol. The number of fused-ring (bicyclic) bond motifs is 10. The molecule has 0 amide bonds. The van der Waals surface area contributed by atoms with Gasteiger partial charge in [-0.25, -0.2) is 0 Å². The van der Waals surface area contributed by atoms with Gasteiger partial charge in [-0.3, -0.25) is 0 Å². The third-order valence-corrected chi connectivity index (χ3v) is 6.62. The molecule has 0 unspecified atom stereocenters. The van der Waals surface area contributed by atoms with E-state index >= 15 is 0 Å². The molecule has 1 spiro atoms. The van der Waals surface area contributed by atoms with E-state index in [9.17, 15) is 0 Å². The van der Waals surface area contributed by atoms with Gasteiger partial charge in [0.25, 0.3) is 0 Å². The minimum Gasteiger partial charge on any atom is -0.0619 e. The van der Waals surface area contributed by atoms with Crippen molar-refractivity contribution >= 4 is 15.9 Å². The Morgan fingerprint density at radius 1 is 0.462 bits per heavy atom. The highest BCUT2D eigenvalue weighted by atomic mass is 79.9. The molecule has 4 aromatic carbocycles. The van der Waals surface area contributed by atoms with Crippen molar-refractivity contribution in [2.24, 2.45) is 0 Å². The number of benzene rings is 4. The summed E-state index contributed by atoms with van der Waals surface area (Å²) in [6, 6.07) is 33.3. The molecule has 26 heavy (non-hydrogen) atoms. The first-order valence-corrected chi connectivity index (χ1v) is 9.71. The Bertz CT molecular complexity index is 1140. The van der Waals surface area contributed by atoms with Crippen LogP contribution in [0.3, 0.4) is 0 Å². The molecule has 0 fully saturated rings. The van der Waals surface area contributed by atoms with Crippen LogP contribution < -0.4 is 0 Å². The minimum absolute atomic E-state index is 0.237. The van der Waals surface area contributed by atoms with E-state index in [2.05, 4.69) is 107 Å². The Morgan fingerprint density at radius 2 is 0.885 bits per heavy atom. The first kappa shape index (κ1) is 14.5. The Kier molecular flexibility index (Phi) is 2.77. The van der Waals surface area contributed by atoms with E-state index < -0.39 is 0 Å². The summed E-state index contributed by atoms with van der Waals surface area (Å²) >= 11 is 3.89. The maximum absolute atomic E-state index is 3.89. The average Bonchev–Trinajstić information content (AvgIpc) is 3.16. The van der Waals surface area contributed by atoms with Gasteiger partial charge in [0, 0.05) is 4.47 Å². The van der Waals surface area contributed by atoms with Crippen molar-refractivity contribution in [3.05, 3.63) is 118 Å². The van der Waals surface area contributed by atoms with Crippen molar-refractivity contribution in [1.82, 2.24) is 0 Å². The highest BCUT2D eigenvalue weighted by Gasteiger charge is 2.52. The average molecular weight is 395 g/mol. The first-order chi connectivity index (χ1) is 12.8. The predicted octanol–water partition coefficient (Wildman–Crippen LogP) is 6.79. The van der Waals surface area contributed by atoms with Gasteiger partial charge in [0.15, 0.2) is 0 Å². The Morgan fingerprint density at radius 3 is 1.42 bits per heavy atom. The summed E-state index contributed by atoms with van der Waals surface area (Å²) in [5.74, 6) is 0. The van der Waals surface area contributed by atoms with Crippen LogP contribution in [0.2, 0.25) is 0 Å². The number of rotatable bonds is 0. The lowest BCUT2D eigenvalue weighted by Crippen LogP contribution is -2.26. The molecule has 0 atom stereocenters. The summed E-state index contributed by atoms with van der Waals surface area (Å²) in [6.07, 6.45) is 0. The molecular formula is C25H15Br. The van der Waals surface area contributed by atoms with Crippen molar-refractivity contribution < 1.29 is 0 Å². The lowest BCUT2D eigenvalue weighted by Gasteiger charge is -2.31. The van der Waals surface area contributed by atoms with Crippen molar-refractivity contribution in [2.45, 2.75) is 5.41 Å². The maximum Gasteiger partial charge on any atom is 0.0736 e. The zero-order chi connectivity index (χ0) is 17.3. The third kappa shape index (κ3) is 1.52. The highest BCUT2D eigenvalue weighted by Crippen LogP contribution is 2.63. The molecule has 122 valence electrons. The SMILES string of the molecule is Brc1cccc2c1C1(c3ccccc3-c3ccccc31)c1ccccc1-2. The van der Waals surface area contributed by atoms with Gasteiger partial charge in [0.05, 0.1) is 5.41 Å². The summed E-state index contributed by atoms with van der Waals surface area (Å²) in [5.41, 5.74) is 10.7. The van der Waals surface area contributed by atoms with Crippen molar-refractivity contribution in [3.63, 3.8) is 0 Å². The van der Waals surface area contributed by atoms with Gasteiger partial charge in [-0.15, -0.1) is 0 Å². The van der Waals surface area contributed by atoms with Crippen LogP contribution in [0.4, 0.5) is 0 Å². The molecule has 0 heterocycles. The quantitative estimate of drug-likeness (QED) is 0.266. The molecule has 0 bridgehead atoms. The summed E-state index contributed by atoms with van der Waals surface area (Å²) in [7, 11) is 0. The largest absolute Gasteiger partial charge is 0.0736 e. The van der Waals surface area contributed by atoms with Crippen molar-refractivity contribution in [1.29, 1.82) is 0 Å². The van der Waals surface area contributed by atoms with Gasteiger partial charge in [0.1, 0.15) is 0 Å². The fourth-order valence-corrected chi connectivity index (χ4v) is 5.77. The second-order valence-electron chi connectivity index (χ2n) is 7.05. The second kappa shape index (κ2) is 4.96. The molecule has 0 aliphatic heterocycles. The second-order valence-corrected chi connectivity index (χ2v) is 7.90. The zero-order valence-corrected chi connectivity index (χ0v) is 15.6. The minimum atomic E-state index is -0.237. The van der Waals surface area contributed by atoms with E-state index in [0.717, 1.165) is 0 Å². The van der Waals surface area contributed by atoms with E-state index in [-0.39, 0.29) is 5.41 Å². The normalized spacial score (nSPS) is 14.7. The van der Waals surface area contributed by atoms with Gasteiger partial charge in [-0.1, -0.05) is 101 Å². The Labute approximate surface area is 161 Å². The molecule has 1 heteroatoms. The van der Waals surface area contributed by atoms with Crippen LogP contribution in [0.5, 0.6) is 0 Å². The van der Waals surface area contributed by atoms with Crippen molar-refractivity contribution in [2.75, 3.05) is 0 Å². The van der Waals surface area contributed by atoms with Gasteiger partial charge in [-0.2, -0.15) is 0 Å². The molecule has 0 aromatic heterocycles. The summed E-state index contributed by atoms with van der Waals surface area (Å²) in [6.45, 7) is 0. The van der Waals surface area contributed by atoms with Gasteiger partial charge >= 0.3 is 0 Å². The molecular weight excluding hydrogens is 380 g/mol. The summed E-state index contributed by atoms with van der Waals surface area (Å²) < 4.78 is 1.18. The van der Waals surface area contributed by atoms with Crippen LogP contribution in [0.25, 0.3) is 22.3 Å². The van der Waals surface area contributed by atoms with Crippen molar-refractivity contribution in [3.8, 4) is 22.3 Å². The number of halogens is 1. The van der Waals surface area contributed by atoms with Crippen LogP contribution in [0.1, 0.15) is 22.3 Å². The van der Waals surface area contributed by atoms with E-state index in [4.69, 9.17) is 0 Å². The van der Waals surface area contributed by atoms with Crippen LogP contribution in [0.15, 0.2) is 95.5 Å². The molecule has 2 aliphatic rings. The smallest absolute Gasteiger partial charge is 0.0619 e. The van der Waals surface area contributed by atoms with Crippen LogP contribution in [0, 0.1) is 0 Å². The highest BCUT2D eigenvalue weighted by molar-refractivity contribution is 9.10. The molecule has 2 aliphatic carbocycles. The summed E-state index contributed by atoms with van der Waals surface area (Å²) in [4.78, 5) is 0.